The summed E-state index contributed by atoms with van der Waals surface area (Å²) < 4.78 is 55.1. The van der Waals surface area contributed by atoms with Crippen molar-refractivity contribution in [1.82, 2.24) is 0 Å². The molecule has 0 atom stereocenters. The Labute approximate surface area is 592 Å². The van der Waals surface area contributed by atoms with E-state index in [9.17, 15) is 0 Å². The number of ether oxygens (including phenoxy) is 1. The second-order valence-electron chi connectivity index (χ2n) is 35.2. The van der Waals surface area contributed by atoms with Gasteiger partial charge in [0.2, 0.25) is 0 Å². The van der Waals surface area contributed by atoms with Gasteiger partial charge in [-0.1, -0.05) is 215 Å². The van der Waals surface area contributed by atoms with Crippen LogP contribution in [0.5, 0.6) is 0 Å². The van der Waals surface area contributed by atoms with Crippen LogP contribution < -0.4 is 0 Å². The van der Waals surface area contributed by atoms with E-state index in [-0.39, 0.29) is 54.1 Å². The molecule has 0 spiro atoms. The smallest absolute Gasteiger partial charge is 0.169 e. The second-order valence-corrected chi connectivity index (χ2v) is 35.9. The molecule has 0 amide bonds. The third kappa shape index (κ3) is 33.0. The minimum absolute atomic E-state index is 0.0893. The topological polar surface area (TPSA) is 127 Å². The molecule has 11 heteroatoms. The highest BCUT2D eigenvalue weighted by molar-refractivity contribution is 9.10. The van der Waals surface area contributed by atoms with Gasteiger partial charge < -0.3 is 44.5 Å². The van der Waals surface area contributed by atoms with Crippen molar-refractivity contribution in [3.8, 4) is 0 Å². The van der Waals surface area contributed by atoms with Crippen LogP contribution in [0.25, 0.3) is 0 Å². The Balaban J connectivity index is 0.000000541. The van der Waals surface area contributed by atoms with Gasteiger partial charge in [0, 0.05) is 67.7 Å². The van der Waals surface area contributed by atoms with Crippen molar-refractivity contribution in [2.75, 3.05) is 7.11 Å². The van der Waals surface area contributed by atoms with Gasteiger partial charge >= 0.3 is 0 Å². The van der Waals surface area contributed by atoms with Crippen molar-refractivity contribution < 1.29 is 44.5 Å². The molecular weight excluding hydrogens is 1260 g/mol. The van der Waals surface area contributed by atoms with E-state index in [1.807, 2.05) is 87.5 Å². The highest BCUT2D eigenvalue weighted by Gasteiger charge is 2.25. The van der Waals surface area contributed by atoms with Gasteiger partial charge in [-0.3, -0.25) is 0 Å². The predicted octanol–water partition coefficient (Wildman–Crippen LogP) is 27.5. The van der Waals surface area contributed by atoms with E-state index in [0.29, 0.717) is 6.61 Å². The fourth-order valence-electron chi connectivity index (χ4n) is 8.30. The van der Waals surface area contributed by atoms with E-state index in [1.165, 1.54) is 11.1 Å². The quantitative estimate of drug-likeness (QED) is 0.169. The molecule has 0 radical (unpaired) electrons. The minimum atomic E-state index is 0.0893. The summed E-state index contributed by atoms with van der Waals surface area (Å²) in [4.78, 5) is 0. The van der Waals surface area contributed by atoms with Gasteiger partial charge in [0.05, 0.1) is 12.5 Å². The van der Waals surface area contributed by atoms with Gasteiger partial charge in [-0.25, -0.2) is 0 Å². The molecule has 0 saturated heterocycles. The first kappa shape index (κ1) is 88.0. The Morgan fingerprint density at radius 1 is 0.312 bits per heavy atom. The van der Waals surface area contributed by atoms with Gasteiger partial charge in [-0.05, 0) is 159 Å². The molecule has 9 aromatic heterocycles. The van der Waals surface area contributed by atoms with Crippen LogP contribution in [0.3, 0.4) is 0 Å². The Morgan fingerprint density at radius 2 is 0.656 bits per heavy atom. The molecule has 0 aliphatic carbocycles. The molecule has 96 heavy (non-hydrogen) atoms. The molecule has 0 aliphatic rings. The summed E-state index contributed by atoms with van der Waals surface area (Å²) in [6, 6.07) is 32.3. The standard InChI is InChI=1S/C12H20O.C10H16O2.2C10H16O.3C9H14O.C8H11BrO.C8H12O/c1-11(2,3)9-7-8-10(13-9)12(4,5)6;1-10(2,3)9-6-5-8(12-9)7-11-4;1-7-6-9(10(3,4)5)11-8(7)2;1-5-8-6-7-9(11-8)10(2,3)4;1-7-5-6-10-8(7)9(2,3)4;2*1-7-5-6-8(10-7)9(2,3)4;1-8(2,3)6-4-5-7(9)10-6;1-8(2,3)7-5-4-6-9-7/h7-8H,1-6H3;5-6H,7H2,1-4H3;6H,1-5H3;6-7H,5H2,1-4H3;3*5-6H,1-4H3;4-5H,1-3H3;4-6H,1-3H3. The number of hydrogen-bond donors (Lipinski definition) is 0. The summed E-state index contributed by atoms with van der Waals surface area (Å²) in [7, 11) is 1.67. The van der Waals surface area contributed by atoms with Crippen LogP contribution in [0.1, 0.15) is 312 Å². The van der Waals surface area contributed by atoms with E-state index in [0.717, 1.165) is 97.5 Å². The van der Waals surface area contributed by atoms with Crippen molar-refractivity contribution >= 4 is 15.9 Å². The lowest BCUT2D eigenvalue weighted by molar-refractivity contribution is 0.160. The number of hydrogen-bond acceptors (Lipinski definition) is 10. The first-order valence-corrected chi connectivity index (χ1v) is 34.9. The van der Waals surface area contributed by atoms with Gasteiger partial charge in [-0.2, -0.15) is 0 Å². The summed E-state index contributed by atoms with van der Waals surface area (Å²) in [5.74, 6) is 15.6. The number of furan rings is 9. The lowest BCUT2D eigenvalue weighted by Gasteiger charge is -2.17. The molecule has 10 nitrogen and oxygen atoms in total. The van der Waals surface area contributed by atoms with E-state index < -0.39 is 0 Å². The van der Waals surface area contributed by atoms with E-state index in [1.54, 1.807) is 19.6 Å². The zero-order valence-corrected chi connectivity index (χ0v) is 68.9. The number of halogens is 1. The van der Waals surface area contributed by atoms with Crippen LogP contribution in [0.15, 0.2) is 154 Å². The molecule has 9 aromatic rings. The Kier molecular flexibility index (Phi) is 33.1. The SMILES string of the molecule is CC(C)(C)c1ccc(Br)o1.CC(C)(C)c1ccc(C(C)(C)C)o1.CC(C)(C)c1ccco1.CCc1ccc(C(C)(C)C)o1.COCc1ccc(C(C)(C)C)o1.Cc1cc(C(C)(C)C)oc1C.Cc1ccc(C(C)(C)C)o1.Cc1ccc(C(C)(C)C)o1.Cc1ccoc1C(C)(C)C. The number of rotatable bonds is 3. The van der Waals surface area contributed by atoms with Gasteiger partial charge in [-0.15, -0.1) is 0 Å². The van der Waals surface area contributed by atoms with E-state index in [2.05, 4.69) is 275 Å². The molecule has 0 bridgehead atoms. The Morgan fingerprint density at radius 3 is 0.854 bits per heavy atom. The van der Waals surface area contributed by atoms with Crippen LogP contribution in [-0.4, -0.2) is 7.11 Å². The molecule has 540 valence electrons. The Hall–Kier alpha value is -6.04. The molecule has 0 fully saturated rings. The molecule has 0 aromatic carbocycles. The lowest BCUT2D eigenvalue weighted by atomic mass is 9.91. The summed E-state index contributed by atoms with van der Waals surface area (Å²) in [6.45, 7) is 77.1. The summed E-state index contributed by atoms with van der Waals surface area (Å²) in [6.07, 6.45) is 4.44. The van der Waals surface area contributed by atoms with Crippen molar-refractivity contribution in [1.29, 1.82) is 0 Å². The summed E-state index contributed by atoms with van der Waals surface area (Å²) >= 11 is 3.26. The fourth-order valence-corrected chi connectivity index (χ4v) is 8.60. The van der Waals surface area contributed by atoms with Gasteiger partial charge in [0.25, 0.3) is 0 Å². The number of aryl methyl sites for hydroxylation is 6. The largest absolute Gasteiger partial charge is 0.469 e. The van der Waals surface area contributed by atoms with Crippen LogP contribution in [0.4, 0.5) is 0 Å². The molecule has 9 heterocycles. The van der Waals surface area contributed by atoms with Gasteiger partial charge in [0.1, 0.15) is 93.0 Å². The molecule has 9 rings (SSSR count). The zero-order chi connectivity index (χ0) is 74.6. The van der Waals surface area contributed by atoms with Gasteiger partial charge in [0.15, 0.2) is 4.67 Å². The Bertz CT molecular complexity index is 3360. The third-order valence-corrected chi connectivity index (χ3v) is 14.9. The third-order valence-electron chi connectivity index (χ3n) is 14.5. The summed E-state index contributed by atoms with van der Waals surface area (Å²) in [5.41, 5.74) is 3.80. The molecule has 0 N–H and O–H groups in total. The average molecular weight is 1390 g/mol. The van der Waals surface area contributed by atoms with E-state index >= 15 is 0 Å². The fraction of sp³-hybridized carbons (Fsp3) is 0.576. The van der Waals surface area contributed by atoms with Crippen LogP contribution >= 0.6 is 15.9 Å². The zero-order valence-electron chi connectivity index (χ0n) is 67.3. The molecule has 0 unspecified atom stereocenters. The number of methoxy groups -OCH3 is 1. The maximum Gasteiger partial charge on any atom is 0.169 e. The van der Waals surface area contributed by atoms with Crippen molar-refractivity contribution in [3.63, 3.8) is 0 Å². The molecule has 0 saturated carbocycles. The monoisotopic (exact) mass is 1390 g/mol. The van der Waals surface area contributed by atoms with Crippen LogP contribution in [0, 0.1) is 34.6 Å². The van der Waals surface area contributed by atoms with E-state index in [4.69, 9.17) is 44.5 Å². The summed E-state index contributed by atoms with van der Waals surface area (Å²) in [5, 5.41) is 0. The first-order valence-electron chi connectivity index (χ1n) is 34.2. The lowest BCUT2D eigenvalue weighted by Crippen LogP contribution is -2.11. The molecular formula is C85H133BrO10. The molecule has 0 aliphatic heterocycles. The van der Waals surface area contributed by atoms with Crippen LogP contribution in [0.2, 0.25) is 0 Å². The normalized spacial score (nSPS) is 12.2. The highest BCUT2D eigenvalue weighted by Crippen LogP contribution is 2.33. The average Bonchev–Trinajstić information content (AvgIpc) is 1.75. The second kappa shape index (κ2) is 36.2. The van der Waals surface area contributed by atoms with Crippen LogP contribution in [-0.2, 0) is 71.9 Å². The van der Waals surface area contributed by atoms with Crippen molar-refractivity contribution in [3.05, 3.63) is 212 Å². The van der Waals surface area contributed by atoms with Crippen molar-refractivity contribution in [2.45, 2.75) is 316 Å². The minimum Gasteiger partial charge on any atom is -0.469 e. The maximum atomic E-state index is 5.81. The highest BCUT2D eigenvalue weighted by atomic mass is 79.9. The predicted molar refractivity (Wildman–Crippen MR) is 407 cm³/mol. The van der Waals surface area contributed by atoms with Crippen molar-refractivity contribution in [2.24, 2.45) is 0 Å². The first-order chi connectivity index (χ1) is 43.3. The maximum absolute atomic E-state index is 5.81.